The minimum absolute atomic E-state index is 0.354. The number of anilines is 1. The third-order valence-corrected chi connectivity index (χ3v) is 3.43. The molecule has 0 radical (unpaired) electrons. The molecule has 1 aromatic carbocycles. The van der Waals surface area contributed by atoms with Gasteiger partial charge in [0, 0.05) is 24.1 Å². The van der Waals surface area contributed by atoms with Crippen LogP contribution in [0.5, 0.6) is 0 Å². The third-order valence-electron chi connectivity index (χ3n) is 2.93. The number of rotatable bonds is 7. The first-order valence-corrected chi connectivity index (χ1v) is 7.53. The van der Waals surface area contributed by atoms with Gasteiger partial charge in [-0.2, -0.15) is 0 Å². The van der Waals surface area contributed by atoms with E-state index in [-0.39, 0.29) is 0 Å². The molecule has 0 atom stereocenters. The fraction of sp³-hybridized carbons (Fsp3) is 0.533. The van der Waals surface area contributed by atoms with E-state index in [9.17, 15) is 9.90 Å². The Bertz CT molecular complexity index is 461. The smallest absolute Gasteiger partial charge is 0.337 e. The van der Waals surface area contributed by atoms with E-state index in [0.29, 0.717) is 11.5 Å². The average Bonchev–Trinajstić information content (AvgIpc) is 2.33. The predicted octanol–water partition coefficient (Wildman–Crippen LogP) is 3.17. The molecule has 0 aliphatic rings. The van der Waals surface area contributed by atoms with Crippen LogP contribution in [0.1, 0.15) is 24.2 Å². The van der Waals surface area contributed by atoms with Gasteiger partial charge in [0.15, 0.2) is 0 Å². The molecular formula is C15H23BrN2O2. The van der Waals surface area contributed by atoms with Gasteiger partial charge >= 0.3 is 5.97 Å². The monoisotopic (exact) mass is 342 g/mol. The van der Waals surface area contributed by atoms with E-state index in [1.807, 2.05) is 20.2 Å². The minimum atomic E-state index is -0.883. The minimum Gasteiger partial charge on any atom is -0.478 e. The Morgan fingerprint density at radius 1 is 1.30 bits per heavy atom. The Morgan fingerprint density at radius 2 is 1.95 bits per heavy atom. The summed E-state index contributed by atoms with van der Waals surface area (Å²) < 4.78 is 0.899. The van der Waals surface area contributed by atoms with Gasteiger partial charge in [-0.15, -0.1) is 0 Å². The summed E-state index contributed by atoms with van der Waals surface area (Å²) in [5.74, 6) is -0.413. The molecule has 0 amide bonds. The van der Waals surface area contributed by atoms with Crippen molar-refractivity contribution in [2.45, 2.75) is 13.8 Å². The van der Waals surface area contributed by atoms with Gasteiger partial charge in [0.25, 0.3) is 0 Å². The van der Waals surface area contributed by atoms with Crippen LogP contribution in [0.4, 0.5) is 5.69 Å². The lowest BCUT2D eigenvalue weighted by Crippen LogP contribution is -2.35. The second kappa shape index (κ2) is 7.64. The van der Waals surface area contributed by atoms with E-state index < -0.39 is 5.97 Å². The Morgan fingerprint density at radius 3 is 2.45 bits per heavy atom. The van der Waals surface area contributed by atoms with Crippen LogP contribution in [-0.2, 0) is 0 Å². The molecule has 0 aliphatic carbocycles. The summed E-state index contributed by atoms with van der Waals surface area (Å²) >= 11 is 3.43. The Kier molecular flexibility index (Phi) is 6.49. The lowest BCUT2D eigenvalue weighted by atomic mass is 10.1. The van der Waals surface area contributed by atoms with E-state index >= 15 is 0 Å². The first kappa shape index (κ1) is 17.0. The van der Waals surface area contributed by atoms with Crippen molar-refractivity contribution in [1.29, 1.82) is 0 Å². The largest absolute Gasteiger partial charge is 0.478 e. The number of aromatic carboxylic acids is 1. The second-order valence-electron chi connectivity index (χ2n) is 5.61. The molecule has 4 nitrogen and oxygen atoms in total. The summed E-state index contributed by atoms with van der Waals surface area (Å²) in [6.07, 6.45) is 0. The molecule has 20 heavy (non-hydrogen) atoms. The van der Waals surface area contributed by atoms with Crippen LogP contribution < -0.4 is 4.90 Å². The van der Waals surface area contributed by atoms with E-state index in [2.05, 4.69) is 39.6 Å². The molecule has 5 heteroatoms. The maximum atomic E-state index is 11.4. The van der Waals surface area contributed by atoms with Gasteiger partial charge < -0.3 is 14.9 Å². The number of carbonyl (C=O) groups is 1. The highest BCUT2D eigenvalue weighted by Crippen LogP contribution is 2.26. The first-order valence-electron chi connectivity index (χ1n) is 6.73. The van der Waals surface area contributed by atoms with Gasteiger partial charge in [0.05, 0.1) is 11.3 Å². The number of hydrogen-bond donors (Lipinski definition) is 1. The first-order chi connectivity index (χ1) is 9.31. The lowest BCUT2D eigenvalue weighted by molar-refractivity contribution is 0.0697. The van der Waals surface area contributed by atoms with Crippen LogP contribution in [0.15, 0.2) is 22.7 Å². The number of halogens is 1. The number of benzene rings is 1. The molecule has 0 aliphatic heterocycles. The van der Waals surface area contributed by atoms with Crippen LogP contribution in [0.2, 0.25) is 0 Å². The molecule has 0 saturated heterocycles. The maximum absolute atomic E-state index is 11.4. The van der Waals surface area contributed by atoms with Crippen LogP contribution in [0.25, 0.3) is 0 Å². The molecule has 1 N–H and O–H groups in total. The Balaban J connectivity index is 3.10. The topological polar surface area (TPSA) is 43.8 Å². The highest BCUT2D eigenvalue weighted by Gasteiger charge is 2.17. The number of nitrogens with zero attached hydrogens (tertiary/aromatic N) is 2. The predicted molar refractivity (Wildman–Crippen MR) is 86.7 cm³/mol. The van der Waals surface area contributed by atoms with Gasteiger partial charge in [-0.05, 0) is 38.2 Å². The molecule has 112 valence electrons. The van der Waals surface area contributed by atoms with Gasteiger partial charge in [-0.3, -0.25) is 0 Å². The normalized spacial score (nSPS) is 11.2. The van der Waals surface area contributed by atoms with Crippen molar-refractivity contribution >= 4 is 27.6 Å². The van der Waals surface area contributed by atoms with Gasteiger partial charge in [-0.25, -0.2) is 4.79 Å². The van der Waals surface area contributed by atoms with Crippen molar-refractivity contribution in [2.24, 2.45) is 5.92 Å². The van der Waals surface area contributed by atoms with Crippen LogP contribution in [0, 0.1) is 5.92 Å². The van der Waals surface area contributed by atoms with Crippen molar-refractivity contribution in [3.63, 3.8) is 0 Å². The van der Waals surface area contributed by atoms with Crippen molar-refractivity contribution in [1.82, 2.24) is 4.90 Å². The van der Waals surface area contributed by atoms with Crippen LogP contribution in [0.3, 0.4) is 0 Å². The summed E-state index contributed by atoms with van der Waals surface area (Å²) in [5.41, 5.74) is 1.13. The number of carboxylic acid groups (broad SMARTS) is 1. The zero-order valence-corrected chi connectivity index (χ0v) is 14.1. The number of carboxylic acids is 1. The quantitative estimate of drug-likeness (QED) is 0.826. The fourth-order valence-corrected chi connectivity index (χ4v) is 2.37. The number of likely N-dealkylation sites (N-methyl/N-ethyl adjacent to an activating group) is 1. The summed E-state index contributed by atoms with van der Waals surface area (Å²) in [4.78, 5) is 15.7. The highest BCUT2D eigenvalue weighted by atomic mass is 79.9. The summed E-state index contributed by atoms with van der Waals surface area (Å²) in [7, 11) is 4.04. The second-order valence-corrected chi connectivity index (χ2v) is 6.53. The zero-order chi connectivity index (χ0) is 15.3. The van der Waals surface area contributed by atoms with Gasteiger partial charge in [-0.1, -0.05) is 29.8 Å². The molecular weight excluding hydrogens is 320 g/mol. The highest BCUT2D eigenvalue weighted by molar-refractivity contribution is 9.10. The number of hydrogen-bond acceptors (Lipinski definition) is 3. The Hall–Kier alpha value is -1.07. The van der Waals surface area contributed by atoms with E-state index in [0.717, 1.165) is 29.8 Å². The van der Waals surface area contributed by atoms with Crippen LogP contribution in [-0.4, -0.2) is 49.7 Å². The SMILES string of the molecule is CC(C)CN(CCN(C)C)c1cc(Br)ccc1C(=O)O. The molecule has 0 unspecified atom stereocenters. The molecule has 0 fully saturated rings. The van der Waals surface area contributed by atoms with E-state index in [1.54, 1.807) is 12.1 Å². The molecule has 1 aromatic rings. The lowest BCUT2D eigenvalue weighted by Gasteiger charge is -2.29. The molecule has 0 saturated carbocycles. The standard InChI is InChI=1S/C15H23BrN2O2/c1-11(2)10-18(8-7-17(3)4)14-9-12(16)5-6-13(14)15(19)20/h5-6,9,11H,7-8,10H2,1-4H3,(H,19,20). The van der Waals surface area contributed by atoms with Crippen molar-refractivity contribution < 1.29 is 9.90 Å². The summed E-state index contributed by atoms with van der Waals surface area (Å²) in [5, 5.41) is 9.36. The van der Waals surface area contributed by atoms with E-state index in [4.69, 9.17) is 0 Å². The van der Waals surface area contributed by atoms with Crippen molar-refractivity contribution in [3.8, 4) is 0 Å². The maximum Gasteiger partial charge on any atom is 0.337 e. The molecule has 0 heterocycles. The van der Waals surface area contributed by atoms with Crippen molar-refractivity contribution in [3.05, 3.63) is 28.2 Å². The molecule has 0 bridgehead atoms. The average molecular weight is 343 g/mol. The van der Waals surface area contributed by atoms with Gasteiger partial charge in [0.1, 0.15) is 0 Å². The van der Waals surface area contributed by atoms with Crippen LogP contribution >= 0.6 is 15.9 Å². The summed E-state index contributed by atoms with van der Waals surface area (Å²) in [6, 6.07) is 5.32. The molecule has 0 aromatic heterocycles. The third kappa shape index (κ3) is 5.13. The summed E-state index contributed by atoms with van der Waals surface area (Å²) in [6.45, 7) is 6.81. The van der Waals surface area contributed by atoms with Crippen molar-refractivity contribution in [2.75, 3.05) is 38.6 Å². The van der Waals surface area contributed by atoms with Gasteiger partial charge in [0.2, 0.25) is 0 Å². The molecule has 1 rings (SSSR count). The molecule has 0 spiro atoms. The zero-order valence-electron chi connectivity index (χ0n) is 12.6. The fourth-order valence-electron chi connectivity index (χ4n) is 2.02. The Labute approximate surface area is 129 Å². The van der Waals surface area contributed by atoms with E-state index in [1.165, 1.54) is 0 Å².